The van der Waals surface area contributed by atoms with Crippen LogP contribution in [0.4, 0.5) is 0 Å². The summed E-state index contributed by atoms with van der Waals surface area (Å²) in [4.78, 5) is 2.39. The summed E-state index contributed by atoms with van der Waals surface area (Å²) >= 11 is 0. The molecule has 2 unspecified atom stereocenters. The molecule has 106 valence electrons. The molecule has 1 saturated heterocycles. The van der Waals surface area contributed by atoms with Crippen molar-refractivity contribution in [1.82, 2.24) is 10.2 Å². The third-order valence-corrected chi connectivity index (χ3v) is 5.58. The Labute approximate surface area is 111 Å². The molecule has 1 N–H and O–H groups in total. The quantitative estimate of drug-likeness (QED) is 0.835. The molecule has 4 nitrogen and oxygen atoms in total. The maximum absolute atomic E-state index is 11.5. The van der Waals surface area contributed by atoms with Gasteiger partial charge in [-0.15, -0.1) is 0 Å². The van der Waals surface area contributed by atoms with Crippen LogP contribution in [-0.4, -0.2) is 56.0 Å². The SMILES string of the molecule is CC1CNC2(CCCC2)CN1C(C)CS(C)(=O)=O. The minimum absolute atomic E-state index is 0.120. The monoisotopic (exact) mass is 274 g/mol. The minimum atomic E-state index is -2.89. The molecule has 0 amide bonds. The van der Waals surface area contributed by atoms with Crippen molar-refractivity contribution in [2.75, 3.05) is 25.1 Å². The third kappa shape index (κ3) is 3.25. The van der Waals surface area contributed by atoms with Gasteiger partial charge in [-0.1, -0.05) is 12.8 Å². The zero-order valence-electron chi connectivity index (χ0n) is 11.8. The lowest BCUT2D eigenvalue weighted by Crippen LogP contribution is -2.64. The van der Waals surface area contributed by atoms with E-state index >= 15 is 0 Å². The largest absolute Gasteiger partial charge is 0.308 e. The molecule has 1 aliphatic heterocycles. The first kappa shape index (κ1) is 14.3. The summed E-state index contributed by atoms with van der Waals surface area (Å²) in [5.74, 6) is 0.271. The summed E-state index contributed by atoms with van der Waals surface area (Å²) < 4.78 is 22.9. The van der Waals surface area contributed by atoms with Crippen molar-refractivity contribution in [2.45, 2.75) is 57.2 Å². The maximum atomic E-state index is 11.5. The molecule has 0 bridgehead atoms. The molecule has 0 aromatic rings. The molecule has 2 rings (SSSR count). The van der Waals surface area contributed by atoms with Crippen LogP contribution in [0.1, 0.15) is 39.5 Å². The number of nitrogens with one attached hydrogen (secondary N) is 1. The highest BCUT2D eigenvalue weighted by molar-refractivity contribution is 7.90. The van der Waals surface area contributed by atoms with Gasteiger partial charge in [-0.05, 0) is 26.7 Å². The van der Waals surface area contributed by atoms with Crippen molar-refractivity contribution >= 4 is 9.84 Å². The van der Waals surface area contributed by atoms with Gasteiger partial charge in [0.2, 0.25) is 0 Å². The van der Waals surface area contributed by atoms with Crippen molar-refractivity contribution in [2.24, 2.45) is 0 Å². The highest BCUT2D eigenvalue weighted by Crippen LogP contribution is 2.33. The molecule has 0 aromatic heterocycles. The number of rotatable bonds is 3. The third-order valence-electron chi connectivity index (χ3n) is 4.49. The van der Waals surface area contributed by atoms with E-state index in [4.69, 9.17) is 0 Å². The van der Waals surface area contributed by atoms with E-state index in [1.54, 1.807) is 0 Å². The Morgan fingerprint density at radius 1 is 1.39 bits per heavy atom. The van der Waals surface area contributed by atoms with Gasteiger partial charge in [-0.2, -0.15) is 0 Å². The maximum Gasteiger partial charge on any atom is 0.148 e. The van der Waals surface area contributed by atoms with Gasteiger partial charge in [-0.25, -0.2) is 8.42 Å². The first-order valence-electron chi connectivity index (χ1n) is 7.00. The van der Waals surface area contributed by atoms with E-state index in [1.165, 1.54) is 31.9 Å². The van der Waals surface area contributed by atoms with Gasteiger partial charge in [-0.3, -0.25) is 4.90 Å². The topological polar surface area (TPSA) is 49.4 Å². The lowest BCUT2D eigenvalue weighted by molar-refractivity contribution is 0.0641. The summed E-state index contributed by atoms with van der Waals surface area (Å²) in [6.07, 6.45) is 6.41. The Balaban J connectivity index is 2.05. The van der Waals surface area contributed by atoms with Gasteiger partial charge >= 0.3 is 0 Å². The molecule has 1 spiro atoms. The highest BCUT2D eigenvalue weighted by Gasteiger charge is 2.41. The first-order valence-corrected chi connectivity index (χ1v) is 9.06. The molecule has 2 aliphatic rings. The van der Waals surface area contributed by atoms with Crippen molar-refractivity contribution < 1.29 is 8.42 Å². The summed E-state index contributed by atoms with van der Waals surface area (Å²) in [5, 5.41) is 3.70. The second-order valence-corrected chi connectivity index (χ2v) is 8.52. The molecule has 1 saturated carbocycles. The van der Waals surface area contributed by atoms with Crippen LogP contribution in [0.5, 0.6) is 0 Å². The molecule has 1 aliphatic carbocycles. The number of hydrogen-bond donors (Lipinski definition) is 1. The number of hydrogen-bond acceptors (Lipinski definition) is 4. The minimum Gasteiger partial charge on any atom is -0.308 e. The van der Waals surface area contributed by atoms with Crippen LogP contribution in [0.25, 0.3) is 0 Å². The molecule has 5 heteroatoms. The fraction of sp³-hybridized carbons (Fsp3) is 1.00. The van der Waals surface area contributed by atoms with E-state index in [2.05, 4.69) is 17.1 Å². The fourth-order valence-corrected chi connectivity index (χ4v) is 4.62. The van der Waals surface area contributed by atoms with Crippen LogP contribution in [0.15, 0.2) is 0 Å². The molecule has 0 radical (unpaired) electrons. The Hall–Kier alpha value is -0.130. The Kier molecular flexibility index (Phi) is 4.04. The van der Waals surface area contributed by atoms with Gasteiger partial charge in [0.1, 0.15) is 9.84 Å². The summed E-state index contributed by atoms with van der Waals surface area (Å²) in [6.45, 7) is 6.22. The Bertz CT molecular complexity index is 388. The van der Waals surface area contributed by atoms with E-state index in [-0.39, 0.29) is 17.3 Å². The molecule has 2 atom stereocenters. The van der Waals surface area contributed by atoms with Crippen molar-refractivity contribution in [3.63, 3.8) is 0 Å². The van der Waals surface area contributed by atoms with E-state index in [9.17, 15) is 8.42 Å². The Morgan fingerprint density at radius 3 is 2.56 bits per heavy atom. The zero-order chi connectivity index (χ0) is 13.4. The van der Waals surface area contributed by atoms with Gasteiger partial charge < -0.3 is 5.32 Å². The number of piperazine rings is 1. The molecule has 0 aromatic carbocycles. The van der Waals surface area contributed by atoms with Gasteiger partial charge in [0.05, 0.1) is 5.75 Å². The van der Waals surface area contributed by atoms with Crippen molar-refractivity contribution in [3.05, 3.63) is 0 Å². The number of nitrogens with zero attached hydrogens (tertiary/aromatic N) is 1. The van der Waals surface area contributed by atoms with E-state index in [0.717, 1.165) is 13.1 Å². The average Bonchev–Trinajstić information content (AvgIpc) is 2.68. The highest BCUT2D eigenvalue weighted by atomic mass is 32.2. The van der Waals surface area contributed by atoms with Crippen molar-refractivity contribution in [3.8, 4) is 0 Å². The predicted octanol–water partition coefficient (Wildman–Crippen LogP) is 1.03. The van der Waals surface area contributed by atoms with Crippen molar-refractivity contribution in [1.29, 1.82) is 0 Å². The fourth-order valence-electron chi connectivity index (χ4n) is 3.55. The van der Waals surface area contributed by atoms with Crippen LogP contribution in [0.2, 0.25) is 0 Å². The lowest BCUT2D eigenvalue weighted by Gasteiger charge is -2.47. The molecule has 18 heavy (non-hydrogen) atoms. The summed E-state index contributed by atoms with van der Waals surface area (Å²) in [5.41, 5.74) is 0.262. The van der Waals surface area contributed by atoms with E-state index < -0.39 is 9.84 Å². The van der Waals surface area contributed by atoms with Gasteiger partial charge in [0.15, 0.2) is 0 Å². The standard InChI is InChI=1S/C13H26N2O2S/c1-11-8-14-13(6-4-5-7-13)10-15(11)12(2)9-18(3,16)17/h11-12,14H,4-10H2,1-3H3. The second kappa shape index (κ2) is 5.10. The van der Waals surface area contributed by atoms with Gasteiger partial charge in [0.25, 0.3) is 0 Å². The second-order valence-electron chi connectivity index (χ2n) is 6.33. The van der Waals surface area contributed by atoms with Crippen LogP contribution in [0.3, 0.4) is 0 Å². The Morgan fingerprint density at radius 2 is 2.00 bits per heavy atom. The first-order chi connectivity index (χ1) is 8.31. The predicted molar refractivity (Wildman–Crippen MR) is 74.5 cm³/mol. The van der Waals surface area contributed by atoms with Crippen LogP contribution in [0, 0.1) is 0 Å². The van der Waals surface area contributed by atoms with E-state index in [1.807, 2.05) is 6.92 Å². The molecule has 1 heterocycles. The smallest absolute Gasteiger partial charge is 0.148 e. The average molecular weight is 274 g/mol. The van der Waals surface area contributed by atoms with Crippen LogP contribution < -0.4 is 5.32 Å². The summed E-state index contributed by atoms with van der Waals surface area (Å²) in [7, 11) is -2.89. The van der Waals surface area contributed by atoms with Crippen LogP contribution in [-0.2, 0) is 9.84 Å². The normalized spacial score (nSPS) is 30.7. The number of sulfone groups is 1. The molecule has 2 fully saturated rings. The summed E-state index contributed by atoms with van der Waals surface area (Å²) in [6, 6.07) is 0.544. The van der Waals surface area contributed by atoms with Crippen LogP contribution >= 0.6 is 0 Å². The molecular formula is C13H26N2O2S. The van der Waals surface area contributed by atoms with E-state index in [0.29, 0.717) is 6.04 Å². The molecular weight excluding hydrogens is 248 g/mol. The lowest BCUT2D eigenvalue weighted by atomic mass is 9.92. The zero-order valence-corrected chi connectivity index (χ0v) is 12.6. The van der Waals surface area contributed by atoms with Gasteiger partial charge in [0, 0.05) is 37.0 Å².